The molecule has 1 aliphatic heterocycles. The SMILES string of the molecule is [C-]#[N+]c1ccc2c(c1[N+]#[C-])N(c1c(C)cc(C)c(C)c1C)[C@@H](C)N2C. The van der Waals surface area contributed by atoms with Crippen molar-refractivity contribution >= 4 is 28.4 Å². The Labute approximate surface area is 149 Å². The number of hydrogen-bond donors (Lipinski definition) is 0. The molecule has 4 heteroatoms. The van der Waals surface area contributed by atoms with Crippen LogP contribution in [0.15, 0.2) is 18.2 Å². The van der Waals surface area contributed by atoms with Crippen molar-refractivity contribution in [2.45, 2.75) is 40.8 Å². The van der Waals surface area contributed by atoms with Crippen LogP contribution in [-0.2, 0) is 0 Å². The zero-order valence-electron chi connectivity index (χ0n) is 15.6. The van der Waals surface area contributed by atoms with Gasteiger partial charge in [-0.3, -0.25) is 4.85 Å². The van der Waals surface area contributed by atoms with E-state index in [0.717, 1.165) is 17.1 Å². The van der Waals surface area contributed by atoms with Crippen LogP contribution in [0.5, 0.6) is 0 Å². The lowest BCUT2D eigenvalue weighted by Gasteiger charge is -2.32. The molecule has 0 radical (unpaired) electrons. The monoisotopic (exact) mass is 330 g/mol. The van der Waals surface area contributed by atoms with Crippen LogP contribution in [0.1, 0.15) is 29.2 Å². The Morgan fingerprint density at radius 3 is 2.20 bits per heavy atom. The van der Waals surface area contributed by atoms with Crippen LogP contribution in [0.3, 0.4) is 0 Å². The largest absolute Gasteiger partial charge is 0.354 e. The van der Waals surface area contributed by atoms with E-state index >= 15 is 0 Å². The summed E-state index contributed by atoms with van der Waals surface area (Å²) in [6, 6.07) is 5.92. The van der Waals surface area contributed by atoms with Gasteiger partial charge >= 0.3 is 0 Å². The van der Waals surface area contributed by atoms with Gasteiger partial charge in [-0.1, -0.05) is 12.1 Å². The van der Waals surface area contributed by atoms with Gasteiger partial charge in [0.25, 0.3) is 0 Å². The summed E-state index contributed by atoms with van der Waals surface area (Å²) in [5, 5.41) is 0. The topological polar surface area (TPSA) is 15.2 Å². The molecule has 3 rings (SSSR count). The predicted octanol–water partition coefficient (Wildman–Crippen LogP) is 5.96. The van der Waals surface area contributed by atoms with Crippen LogP contribution in [0.25, 0.3) is 9.69 Å². The highest BCUT2D eigenvalue weighted by Crippen LogP contribution is 2.53. The molecule has 0 saturated carbocycles. The molecular weight excluding hydrogens is 308 g/mol. The van der Waals surface area contributed by atoms with Gasteiger partial charge in [0.15, 0.2) is 5.69 Å². The van der Waals surface area contributed by atoms with E-state index in [1.165, 1.54) is 22.3 Å². The lowest BCUT2D eigenvalue weighted by atomic mass is 9.97. The van der Waals surface area contributed by atoms with E-state index in [9.17, 15) is 0 Å². The Morgan fingerprint density at radius 2 is 1.60 bits per heavy atom. The molecule has 0 bridgehead atoms. The maximum Gasteiger partial charge on any atom is 0.219 e. The molecule has 0 spiro atoms. The highest BCUT2D eigenvalue weighted by molar-refractivity contribution is 5.99. The smallest absolute Gasteiger partial charge is 0.219 e. The minimum atomic E-state index is 0.0796. The molecule has 0 aromatic heterocycles. The van der Waals surface area contributed by atoms with Gasteiger partial charge in [0.1, 0.15) is 6.17 Å². The van der Waals surface area contributed by atoms with Gasteiger partial charge in [0.2, 0.25) is 5.69 Å². The minimum absolute atomic E-state index is 0.0796. The molecule has 2 aromatic rings. The first-order valence-electron chi connectivity index (χ1n) is 8.34. The summed E-state index contributed by atoms with van der Waals surface area (Å²) in [5.74, 6) is 0. The third kappa shape index (κ3) is 2.26. The van der Waals surface area contributed by atoms with Crippen LogP contribution >= 0.6 is 0 Å². The summed E-state index contributed by atoms with van der Waals surface area (Å²) >= 11 is 0. The molecule has 2 aromatic carbocycles. The first-order chi connectivity index (χ1) is 11.8. The quantitative estimate of drug-likeness (QED) is 0.600. The van der Waals surface area contributed by atoms with Gasteiger partial charge in [-0.05, 0) is 62.9 Å². The standard InChI is InChI=1S/C21H22N4/c1-12-11-13(2)20(15(4)14(12)3)25-16(5)24(8)18-10-9-17(22-6)19(23-7)21(18)25/h9-11,16H,1-5,8H3/t16-/m0/s1. The van der Waals surface area contributed by atoms with Gasteiger partial charge < -0.3 is 9.80 Å². The highest BCUT2D eigenvalue weighted by atomic mass is 15.4. The van der Waals surface area contributed by atoms with Crippen molar-refractivity contribution in [1.82, 2.24) is 0 Å². The Morgan fingerprint density at radius 1 is 0.920 bits per heavy atom. The molecule has 126 valence electrons. The van der Waals surface area contributed by atoms with Crippen LogP contribution < -0.4 is 9.80 Å². The van der Waals surface area contributed by atoms with Crippen LogP contribution in [-0.4, -0.2) is 13.2 Å². The molecule has 0 fully saturated rings. The third-order valence-corrected chi connectivity index (χ3v) is 5.45. The van der Waals surface area contributed by atoms with Crippen molar-refractivity contribution in [2.75, 3.05) is 16.8 Å². The number of aryl methyl sites for hydroxylation is 2. The zero-order chi connectivity index (χ0) is 18.5. The molecular formula is C21H22N4. The molecule has 0 aliphatic carbocycles. The fourth-order valence-corrected chi connectivity index (χ4v) is 3.78. The van der Waals surface area contributed by atoms with E-state index in [-0.39, 0.29) is 6.17 Å². The number of benzene rings is 2. The van der Waals surface area contributed by atoms with Gasteiger partial charge in [-0.15, -0.1) is 0 Å². The Hall–Kier alpha value is -2.98. The third-order valence-electron chi connectivity index (χ3n) is 5.45. The average molecular weight is 330 g/mol. The maximum atomic E-state index is 7.66. The molecule has 0 N–H and O–H groups in total. The van der Waals surface area contributed by atoms with Crippen molar-refractivity contribution in [3.8, 4) is 0 Å². The molecule has 0 saturated heterocycles. The summed E-state index contributed by atoms with van der Waals surface area (Å²) in [4.78, 5) is 11.7. The van der Waals surface area contributed by atoms with Crippen molar-refractivity contribution in [3.63, 3.8) is 0 Å². The number of fused-ring (bicyclic) bond motifs is 1. The van der Waals surface area contributed by atoms with Crippen LogP contribution in [0.4, 0.5) is 28.4 Å². The van der Waals surface area contributed by atoms with E-state index in [1.807, 2.05) is 13.1 Å². The van der Waals surface area contributed by atoms with Crippen molar-refractivity contribution in [1.29, 1.82) is 0 Å². The van der Waals surface area contributed by atoms with Crippen molar-refractivity contribution in [3.05, 3.63) is 63.3 Å². The summed E-state index contributed by atoms with van der Waals surface area (Å²) in [6.45, 7) is 25.8. The summed E-state index contributed by atoms with van der Waals surface area (Å²) in [6.07, 6.45) is 0.0796. The average Bonchev–Trinajstić information content (AvgIpc) is 2.84. The second-order valence-electron chi connectivity index (χ2n) is 6.75. The fraction of sp³-hybridized carbons (Fsp3) is 0.333. The Bertz CT molecular complexity index is 960. The normalized spacial score (nSPS) is 15.8. The van der Waals surface area contributed by atoms with Gasteiger partial charge in [-0.2, -0.15) is 0 Å². The van der Waals surface area contributed by atoms with E-state index in [2.05, 4.69) is 60.2 Å². The van der Waals surface area contributed by atoms with Crippen molar-refractivity contribution < 1.29 is 0 Å². The van der Waals surface area contributed by atoms with Crippen LogP contribution in [0, 0.1) is 40.8 Å². The summed E-state index contributed by atoms with van der Waals surface area (Å²) in [7, 11) is 2.04. The molecule has 0 amide bonds. The first-order valence-corrected chi connectivity index (χ1v) is 8.34. The predicted molar refractivity (Wildman–Crippen MR) is 104 cm³/mol. The molecule has 4 nitrogen and oxygen atoms in total. The van der Waals surface area contributed by atoms with E-state index in [1.54, 1.807) is 6.07 Å². The summed E-state index contributed by atoms with van der Waals surface area (Å²) < 4.78 is 0. The number of hydrogen-bond acceptors (Lipinski definition) is 2. The second-order valence-corrected chi connectivity index (χ2v) is 6.75. The van der Waals surface area contributed by atoms with Crippen molar-refractivity contribution in [2.24, 2.45) is 0 Å². The second kappa shape index (κ2) is 5.83. The fourth-order valence-electron chi connectivity index (χ4n) is 3.78. The first kappa shape index (κ1) is 16.9. The molecule has 1 heterocycles. The molecule has 0 unspecified atom stereocenters. The molecule has 1 aliphatic rings. The van der Waals surface area contributed by atoms with E-state index in [4.69, 9.17) is 13.1 Å². The zero-order valence-corrected chi connectivity index (χ0v) is 15.6. The van der Waals surface area contributed by atoms with Gasteiger partial charge in [-0.25, -0.2) is 4.85 Å². The minimum Gasteiger partial charge on any atom is -0.354 e. The van der Waals surface area contributed by atoms with E-state index < -0.39 is 0 Å². The lowest BCUT2D eigenvalue weighted by Crippen LogP contribution is -2.36. The summed E-state index contributed by atoms with van der Waals surface area (Å²) in [5.41, 5.74) is 8.84. The Balaban J connectivity index is 2.38. The number of nitrogens with zero attached hydrogens (tertiary/aromatic N) is 4. The highest BCUT2D eigenvalue weighted by Gasteiger charge is 2.36. The van der Waals surface area contributed by atoms with Gasteiger partial charge in [0.05, 0.1) is 18.8 Å². The number of anilines is 3. The lowest BCUT2D eigenvalue weighted by molar-refractivity contribution is 0.731. The molecule has 25 heavy (non-hydrogen) atoms. The van der Waals surface area contributed by atoms with E-state index in [0.29, 0.717) is 11.4 Å². The maximum absolute atomic E-state index is 7.66. The Kier molecular flexibility index (Phi) is 3.93. The number of rotatable bonds is 1. The molecule has 1 atom stereocenters. The van der Waals surface area contributed by atoms with Gasteiger partial charge in [0, 0.05) is 18.4 Å². The van der Waals surface area contributed by atoms with Crippen LogP contribution in [0.2, 0.25) is 0 Å².